The summed E-state index contributed by atoms with van der Waals surface area (Å²) < 4.78 is 11.7. The molecule has 0 radical (unpaired) electrons. The Kier molecular flexibility index (Phi) is 4.44. The van der Waals surface area contributed by atoms with Crippen molar-refractivity contribution in [3.05, 3.63) is 17.8 Å². The number of aromatic nitrogens is 1. The van der Waals surface area contributed by atoms with Crippen LogP contribution < -0.4 is 0 Å². The minimum Gasteiger partial charge on any atom is -0.442 e. The van der Waals surface area contributed by atoms with Gasteiger partial charge in [0.25, 0.3) is 0 Å². The van der Waals surface area contributed by atoms with Crippen LogP contribution in [-0.2, 0) is 10.3 Å². The normalized spacial score (nSPS) is 15.0. The molecule has 98 valence electrons. The molecule has 1 aromatic heterocycles. The highest BCUT2D eigenvalue weighted by molar-refractivity contribution is 6.74. The van der Waals surface area contributed by atoms with E-state index in [9.17, 15) is 0 Å². The predicted molar refractivity (Wildman–Crippen MR) is 72.8 cm³/mol. The van der Waals surface area contributed by atoms with Crippen molar-refractivity contribution in [1.82, 2.24) is 4.98 Å². The molecular weight excluding hydrogens is 254 g/mol. The second-order valence-corrected chi connectivity index (χ2v) is 10.8. The lowest BCUT2D eigenvalue weighted by atomic mass is 10.2. The standard InChI is InChI=1S/C12H22ClNO2Si/c1-9(11-14-8-10(7-13)15-11)16-17(5,6)12(2,3)4/h8-9H,7H2,1-6H3. The van der Waals surface area contributed by atoms with E-state index < -0.39 is 8.32 Å². The number of oxazole rings is 1. The van der Waals surface area contributed by atoms with E-state index in [2.05, 4.69) is 38.8 Å². The number of alkyl halides is 1. The number of hydrogen-bond acceptors (Lipinski definition) is 3. The van der Waals surface area contributed by atoms with Gasteiger partial charge in [0.2, 0.25) is 5.89 Å². The fraction of sp³-hybridized carbons (Fsp3) is 0.750. The van der Waals surface area contributed by atoms with E-state index in [4.69, 9.17) is 20.4 Å². The van der Waals surface area contributed by atoms with Crippen LogP contribution in [0.4, 0.5) is 0 Å². The second-order valence-electron chi connectivity index (χ2n) is 5.82. The Morgan fingerprint density at radius 2 is 2.06 bits per heavy atom. The highest BCUT2D eigenvalue weighted by Crippen LogP contribution is 2.39. The summed E-state index contributed by atoms with van der Waals surface area (Å²) in [6.07, 6.45) is 1.54. The van der Waals surface area contributed by atoms with E-state index in [1.54, 1.807) is 6.20 Å². The third kappa shape index (κ3) is 3.57. The van der Waals surface area contributed by atoms with Gasteiger partial charge in [-0.2, -0.15) is 0 Å². The molecular formula is C12H22ClNO2Si. The van der Waals surface area contributed by atoms with Gasteiger partial charge in [0.05, 0.1) is 12.1 Å². The van der Waals surface area contributed by atoms with E-state index in [-0.39, 0.29) is 11.1 Å². The molecule has 17 heavy (non-hydrogen) atoms. The van der Waals surface area contributed by atoms with E-state index >= 15 is 0 Å². The Morgan fingerprint density at radius 1 is 1.47 bits per heavy atom. The molecule has 0 spiro atoms. The maximum absolute atomic E-state index is 6.19. The van der Waals surface area contributed by atoms with Crippen LogP contribution >= 0.6 is 11.6 Å². The Hall–Kier alpha value is -0.323. The fourth-order valence-corrected chi connectivity index (χ4v) is 2.70. The Balaban J connectivity index is 2.75. The fourth-order valence-electron chi connectivity index (χ4n) is 1.24. The van der Waals surface area contributed by atoms with Crippen molar-refractivity contribution >= 4 is 19.9 Å². The zero-order valence-electron chi connectivity index (χ0n) is 11.5. The van der Waals surface area contributed by atoms with Gasteiger partial charge in [-0.3, -0.25) is 0 Å². The Bertz CT molecular complexity index is 371. The molecule has 0 amide bonds. The minimum atomic E-state index is -1.78. The van der Waals surface area contributed by atoms with Crippen molar-refractivity contribution in [2.24, 2.45) is 0 Å². The molecule has 0 aliphatic heterocycles. The predicted octanol–water partition coefficient (Wildman–Crippen LogP) is 4.50. The summed E-state index contributed by atoms with van der Waals surface area (Å²) in [6.45, 7) is 13.1. The zero-order chi connectivity index (χ0) is 13.3. The first-order valence-corrected chi connectivity index (χ1v) is 9.30. The first-order chi connectivity index (χ1) is 7.67. The van der Waals surface area contributed by atoms with Gasteiger partial charge < -0.3 is 8.84 Å². The minimum absolute atomic E-state index is 0.118. The average Bonchev–Trinajstić information content (AvgIpc) is 2.63. The summed E-state index contributed by atoms with van der Waals surface area (Å²) in [5.74, 6) is 1.65. The molecule has 0 saturated heterocycles. The molecule has 3 nitrogen and oxygen atoms in total. The van der Waals surface area contributed by atoms with Gasteiger partial charge in [-0.1, -0.05) is 20.8 Å². The van der Waals surface area contributed by atoms with Gasteiger partial charge >= 0.3 is 0 Å². The number of nitrogens with zero attached hydrogens (tertiary/aromatic N) is 1. The van der Waals surface area contributed by atoms with Gasteiger partial charge in [-0.25, -0.2) is 4.98 Å². The monoisotopic (exact) mass is 275 g/mol. The summed E-state index contributed by atoms with van der Waals surface area (Å²) >= 11 is 5.68. The van der Waals surface area contributed by atoms with E-state index in [1.807, 2.05) is 6.92 Å². The van der Waals surface area contributed by atoms with Crippen LogP contribution in [0.3, 0.4) is 0 Å². The van der Waals surface area contributed by atoms with Crippen LogP contribution in [0.25, 0.3) is 0 Å². The lowest BCUT2D eigenvalue weighted by molar-refractivity contribution is 0.167. The van der Waals surface area contributed by atoms with Gasteiger partial charge in [0.1, 0.15) is 11.9 Å². The van der Waals surface area contributed by atoms with Crippen LogP contribution in [0.5, 0.6) is 0 Å². The largest absolute Gasteiger partial charge is 0.442 e. The molecule has 0 aliphatic carbocycles. The van der Waals surface area contributed by atoms with Crippen molar-refractivity contribution in [3.63, 3.8) is 0 Å². The Morgan fingerprint density at radius 3 is 2.47 bits per heavy atom. The summed E-state index contributed by atoms with van der Waals surface area (Å²) in [6, 6.07) is 0. The van der Waals surface area contributed by atoms with E-state index in [0.29, 0.717) is 17.5 Å². The summed E-state index contributed by atoms with van der Waals surface area (Å²) in [5.41, 5.74) is 0. The van der Waals surface area contributed by atoms with Crippen LogP contribution in [-0.4, -0.2) is 13.3 Å². The molecule has 1 heterocycles. The highest BCUT2D eigenvalue weighted by atomic mass is 35.5. The van der Waals surface area contributed by atoms with Crippen molar-refractivity contribution in [2.45, 2.75) is 57.8 Å². The van der Waals surface area contributed by atoms with Gasteiger partial charge in [0, 0.05) is 0 Å². The van der Waals surface area contributed by atoms with Gasteiger partial charge in [-0.05, 0) is 25.1 Å². The number of hydrogen-bond donors (Lipinski definition) is 0. The third-order valence-corrected chi connectivity index (χ3v) is 8.15. The third-order valence-electron chi connectivity index (χ3n) is 3.33. The van der Waals surface area contributed by atoms with Crippen molar-refractivity contribution in [2.75, 3.05) is 0 Å². The van der Waals surface area contributed by atoms with Crippen molar-refractivity contribution in [1.29, 1.82) is 0 Å². The van der Waals surface area contributed by atoms with Crippen molar-refractivity contribution < 1.29 is 8.84 Å². The van der Waals surface area contributed by atoms with E-state index in [1.165, 1.54) is 0 Å². The van der Waals surface area contributed by atoms with Crippen molar-refractivity contribution in [3.8, 4) is 0 Å². The molecule has 1 rings (SSSR count). The lowest BCUT2D eigenvalue weighted by Crippen LogP contribution is -2.41. The summed E-state index contributed by atoms with van der Waals surface area (Å²) in [5, 5.41) is 0.184. The number of halogens is 1. The maximum atomic E-state index is 6.19. The van der Waals surface area contributed by atoms with Crippen LogP contribution in [0.1, 0.15) is 45.4 Å². The van der Waals surface area contributed by atoms with Crippen LogP contribution in [0, 0.1) is 0 Å². The molecule has 0 saturated carbocycles. The van der Waals surface area contributed by atoms with Crippen LogP contribution in [0.15, 0.2) is 10.6 Å². The van der Waals surface area contributed by atoms with Crippen LogP contribution in [0.2, 0.25) is 18.1 Å². The lowest BCUT2D eigenvalue weighted by Gasteiger charge is -2.37. The first kappa shape index (κ1) is 14.7. The highest BCUT2D eigenvalue weighted by Gasteiger charge is 2.39. The zero-order valence-corrected chi connectivity index (χ0v) is 13.3. The van der Waals surface area contributed by atoms with Gasteiger partial charge in [-0.15, -0.1) is 11.6 Å². The molecule has 0 aliphatic rings. The SMILES string of the molecule is CC(O[Si](C)(C)C(C)(C)C)c1ncc(CCl)o1. The molecule has 0 bridgehead atoms. The maximum Gasteiger partial charge on any atom is 0.222 e. The summed E-state index contributed by atoms with van der Waals surface area (Å²) in [7, 11) is -1.78. The molecule has 1 unspecified atom stereocenters. The average molecular weight is 276 g/mol. The second kappa shape index (κ2) is 5.12. The molecule has 0 N–H and O–H groups in total. The van der Waals surface area contributed by atoms with E-state index in [0.717, 1.165) is 0 Å². The number of rotatable bonds is 4. The molecule has 0 fully saturated rings. The summed E-state index contributed by atoms with van der Waals surface area (Å²) in [4.78, 5) is 4.20. The molecule has 0 aromatic carbocycles. The topological polar surface area (TPSA) is 35.3 Å². The first-order valence-electron chi connectivity index (χ1n) is 5.86. The smallest absolute Gasteiger partial charge is 0.222 e. The molecule has 1 atom stereocenters. The van der Waals surface area contributed by atoms with Gasteiger partial charge in [0.15, 0.2) is 8.32 Å². The molecule has 5 heteroatoms. The Labute approximate surface area is 110 Å². The molecule has 1 aromatic rings. The quantitative estimate of drug-likeness (QED) is 0.600.